The maximum absolute atomic E-state index is 5.81. The first-order chi connectivity index (χ1) is 8.84. The Morgan fingerprint density at radius 1 is 1.44 bits per heavy atom. The SMILES string of the molecule is Cn1ncc2c(OCC3CCCCN3)ncnc21. The fraction of sp³-hybridized carbons (Fsp3) is 0.583. The highest BCUT2D eigenvalue weighted by atomic mass is 16.5. The number of rotatable bonds is 3. The van der Waals surface area contributed by atoms with E-state index in [0.29, 0.717) is 18.5 Å². The Hall–Kier alpha value is -1.69. The zero-order valence-electron chi connectivity index (χ0n) is 10.5. The Kier molecular flexibility index (Phi) is 3.10. The molecule has 96 valence electrons. The predicted octanol–water partition coefficient (Wildman–Crippen LogP) is 0.884. The minimum Gasteiger partial charge on any atom is -0.475 e. The zero-order valence-corrected chi connectivity index (χ0v) is 10.5. The van der Waals surface area contributed by atoms with Crippen LogP contribution in [0.1, 0.15) is 19.3 Å². The summed E-state index contributed by atoms with van der Waals surface area (Å²) in [6, 6.07) is 0.431. The number of nitrogens with one attached hydrogen (secondary N) is 1. The maximum Gasteiger partial charge on any atom is 0.227 e. The van der Waals surface area contributed by atoms with Crippen LogP contribution in [0.25, 0.3) is 11.0 Å². The van der Waals surface area contributed by atoms with E-state index in [2.05, 4.69) is 20.4 Å². The molecule has 3 rings (SSSR count). The van der Waals surface area contributed by atoms with Crippen LogP contribution < -0.4 is 10.1 Å². The van der Waals surface area contributed by atoms with Crippen molar-refractivity contribution in [2.75, 3.05) is 13.2 Å². The van der Waals surface area contributed by atoms with E-state index in [1.165, 1.54) is 25.6 Å². The molecule has 0 aliphatic carbocycles. The lowest BCUT2D eigenvalue weighted by molar-refractivity contribution is 0.234. The van der Waals surface area contributed by atoms with Gasteiger partial charge >= 0.3 is 0 Å². The van der Waals surface area contributed by atoms with E-state index in [-0.39, 0.29) is 0 Å². The molecular formula is C12H17N5O. The molecule has 1 saturated heterocycles. The largest absolute Gasteiger partial charge is 0.475 e. The van der Waals surface area contributed by atoms with E-state index < -0.39 is 0 Å². The second-order valence-electron chi connectivity index (χ2n) is 4.64. The summed E-state index contributed by atoms with van der Waals surface area (Å²) in [5, 5.41) is 8.49. The second-order valence-corrected chi connectivity index (χ2v) is 4.64. The summed E-state index contributed by atoms with van der Waals surface area (Å²) in [6.07, 6.45) is 6.97. The predicted molar refractivity (Wildman–Crippen MR) is 67.4 cm³/mol. The molecule has 6 heteroatoms. The highest BCUT2D eigenvalue weighted by Crippen LogP contribution is 2.20. The third-order valence-electron chi connectivity index (χ3n) is 3.33. The number of nitrogens with zero attached hydrogens (tertiary/aromatic N) is 4. The molecule has 0 spiro atoms. The van der Waals surface area contributed by atoms with Gasteiger partial charge in [0.25, 0.3) is 0 Å². The average Bonchev–Trinajstić information content (AvgIpc) is 2.80. The summed E-state index contributed by atoms with van der Waals surface area (Å²) in [5.74, 6) is 0.625. The molecule has 1 aliphatic heterocycles. The van der Waals surface area contributed by atoms with Gasteiger partial charge in [0, 0.05) is 13.1 Å². The average molecular weight is 247 g/mol. The Balaban J connectivity index is 1.74. The van der Waals surface area contributed by atoms with Crippen molar-refractivity contribution in [3.05, 3.63) is 12.5 Å². The minimum absolute atomic E-state index is 0.431. The number of aromatic nitrogens is 4. The van der Waals surface area contributed by atoms with Crippen LogP contribution in [0, 0.1) is 0 Å². The Morgan fingerprint density at radius 3 is 3.22 bits per heavy atom. The lowest BCUT2D eigenvalue weighted by Gasteiger charge is -2.23. The van der Waals surface area contributed by atoms with E-state index in [1.807, 2.05) is 7.05 Å². The van der Waals surface area contributed by atoms with Gasteiger partial charge in [-0.25, -0.2) is 9.97 Å². The summed E-state index contributed by atoms with van der Waals surface area (Å²) in [7, 11) is 1.86. The van der Waals surface area contributed by atoms with Gasteiger partial charge in [-0.3, -0.25) is 4.68 Å². The molecule has 0 bridgehead atoms. The van der Waals surface area contributed by atoms with Gasteiger partial charge < -0.3 is 10.1 Å². The van der Waals surface area contributed by atoms with Crippen molar-refractivity contribution in [3.8, 4) is 5.88 Å². The quantitative estimate of drug-likeness (QED) is 0.872. The maximum atomic E-state index is 5.81. The normalized spacial score (nSPS) is 20.2. The van der Waals surface area contributed by atoms with Crippen LogP contribution in [-0.2, 0) is 7.05 Å². The lowest BCUT2D eigenvalue weighted by atomic mass is 10.1. The third kappa shape index (κ3) is 2.15. The standard InChI is InChI=1S/C12H17N5O/c1-17-11-10(6-16-17)12(15-8-14-11)18-7-9-4-2-3-5-13-9/h6,8-9,13H,2-5,7H2,1H3. The summed E-state index contributed by atoms with van der Waals surface area (Å²) >= 11 is 0. The van der Waals surface area contributed by atoms with E-state index in [1.54, 1.807) is 10.9 Å². The van der Waals surface area contributed by atoms with Crippen molar-refractivity contribution < 1.29 is 4.74 Å². The molecule has 1 N–H and O–H groups in total. The van der Waals surface area contributed by atoms with Gasteiger partial charge in [-0.2, -0.15) is 5.10 Å². The number of hydrogen-bond donors (Lipinski definition) is 1. The van der Waals surface area contributed by atoms with Crippen LogP contribution in [0.5, 0.6) is 5.88 Å². The number of fused-ring (bicyclic) bond motifs is 1. The molecule has 1 aliphatic rings. The molecule has 0 aromatic carbocycles. The Bertz CT molecular complexity index is 532. The Labute approximate surface area is 105 Å². The van der Waals surface area contributed by atoms with Crippen LogP contribution in [-0.4, -0.2) is 38.9 Å². The molecule has 0 saturated carbocycles. The van der Waals surface area contributed by atoms with Crippen molar-refractivity contribution in [2.45, 2.75) is 25.3 Å². The summed E-state index contributed by atoms with van der Waals surface area (Å²) in [5.41, 5.74) is 0.802. The van der Waals surface area contributed by atoms with Crippen molar-refractivity contribution >= 4 is 11.0 Å². The molecule has 0 radical (unpaired) electrons. The summed E-state index contributed by atoms with van der Waals surface area (Å²) in [6.45, 7) is 1.74. The van der Waals surface area contributed by atoms with Crippen LogP contribution >= 0.6 is 0 Å². The smallest absolute Gasteiger partial charge is 0.227 e. The van der Waals surface area contributed by atoms with Crippen LogP contribution in [0.3, 0.4) is 0 Å². The first kappa shape index (κ1) is 11.4. The number of aryl methyl sites for hydroxylation is 1. The van der Waals surface area contributed by atoms with Crippen LogP contribution in [0.4, 0.5) is 0 Å². The number of piperidine rings is 1. The molecule has 3 heterocycles. The highest BCUT2D eigenvalue weighted by Gasteiger charge is 2.15. The highest BCUT2D eigenvalue weighted by molar-refractivity contribution is 5.79. The van der Waals surface area contributed by atoms with Gasteiger partial charge in [0.1, 0.15) is 18.3 Å². The number of ether oxygens (including phenoxy) is 1. The fourth-order valence-electron chi connectivity index (χ4n) is 2.30. The van der Waals surface area contributed by atoms with Crippen LogP contribution in [0.15, 0.2) is 12.5 Å². The molecule has 1 atom stereocenters. The third-order valence-corrected chi connectivity index (χ3v) is 3.33. The van der Waals surface area contributed by atoms with E-state index >= 15 is 0 Å². The van der Waals surface area contributed by atoms with Gasteiger partial charge in [0.05, 0.1) is 6.20 Å². The molecular weight excluding hydrogens is 230 g/mol. The molecule has 6 nitrogen and oxygen atoms in total. The van der Waals surface area contributed by atoms with Crippen molar-refractivity contribution in [3.63, 3.8) is 0 Å². The molecule has 0 amide bonds. The van der Waals surface area contributed by atoms with Crippen LogP contribution in [0.2, 0.25) is 0 Å². The zero-order chi connectivity index (χ0) is 12.4. The van der Waals surface area contributed by atoms with E-state index in [0.717, 1.165) is 17.6 Å². The van der Waals surface area contributed by atoms with E-state index in [4.69, 9.17) is 4.74 Å². The fourth-order valence-corrected chi connectivity index (χ4v) is 2.30. The Morgan fingerprint density at radius 2 is 2.39 bits per heavy atom. The van der Waals surface area contributed by atoms with Gasteiger partial charge in [-0.15, -0.1) is 0 Å². The van der Waals surface area contributed by atoms with Gasteiger partial charge in [-0.1, -0.05) is 6.42 Å². The molecule has 2 aromatic heterocycles. The van der Waals surface area contributed by atoms with Crippen molar-refractivity contribution in [1.29, 1.82) is 0 Å². The first-order valence-corrected chi connectivity index (χ1v) is 6.33. The molecule has 1 fully saturated rings. The summed E-state index contributed by atoms with van der Waals surface area (Å²) in [4.78, 5) is 8.38. The van der Waals surface area contributed by atoms with Crippen molar-refractivity contribution in [1.82, 2.24) is 25.1 Å². The van der Waals surface area contributed by atoms with Gasteiger partial charge in [0.2, 0.25) is 5.88 Å². The minimum atomic E-state index is 0.431. The molecule has 2 aromatic rings. The second kappa shape index (κ2) is 4.89. The summed E-state index contributed by atoms with van der Waals surface area (Å²) < 4.78 is 7.53. The monoisotopic (exact) mass is 247 g/mol. The molecule has 18 heavy (non-hydrogen) atoms. The molecule has 1 unspecified atom stereocenters. The van der Waals surface area contributed by atoms with Gasteiger partial charge in [-0.05, 0) is 19.4 Å². The lowest BCUT2D eigenvalue weighted by Crippen LogP contribution is -2.38. The topological polar surface area (TPSA) is 64.9 Å². The number of hydrogen-bond acceptors (Lipinski definition) is 5. The van der Waals surface area contributed by atoms with E-state index in [9.17, 15) is 0 Å². The van der Waals surface area contributed by atoms with Crippen molar-refractivity contribution in [2.24, 2.45) is 7.05 Å². The first-order valence-electron chi connectivity index (χ1n) is 6.33. The van der Waals surface area contributed by atoms with Gasteiger partial charge in [0.15, 0.2) is 5.65 Å².